The number of imidazole rings is 1. The number of hydrogen-bond acceptors (Lipinski definition) is 3. The maximum absolute atomic E-state index is 6.01. The predicted molar refractivity (Wildman–Crippen MR) is 82.0 cm³/mol. The van der Waals surface area contributed by atoms with Gasteiger partial charge < -0.3 is 9.30 Å². The molecule has 3 aliphatic rings. The fourth-order valence-electron chi connectivity index (χ4n) is 3.43. The van der Waals surface area contributed by atoms with Crippen LogP contribution in [-0.4, -0.2) is 20.6 Å². The van der Waals surface area contributed by atoms with Crippen LogP contribution in [0.1, 0.15) is 30.0 Å². The molecule has 3 aliphatic heterocycles. The lowest BCUT2D eigenvalue weighted by atomic mass is 9.88. The van der Waals surface area contributed by atoms with Gasteiger partial charge in [-0.2, -0.15) is 0 Å². The first kappa shape index (κ1) is 11.9. The number of ether oxygens (including phenoxy) is 1. The number of aromatic nitrogens is 3. The van der Waals surface area contributed by atoms with E-state index in [1.165, 1.54) is 5.56 Å². The van der Waals surface area contributed by atoms with Crippen molar-refractivity contribution in [2.24, 2.45) is 0 Å². The van der Waals surface area contributed by atoms with Crippen LogP contribution < -0.4 is 0 Å². The second-order valence-electron chi connectivity index (χ2n) is 5.57. The van der Waals surface area contributed by atoms with E-state index >= 15 is 0 Å². The minimum atomic E-state index is 0.128. The second-order valence-corrected chi connectivity index (χ2v) is 6.38. The average Bonchev–Trinajstić information content (AvgIpc) is 2.85. The number of nitrogens with zero attached hydrogens (tertiary/aromatic N) is 3. The molecule has 6 rings (SSSR count). The van der Waals surface area contributed by atoms with Gasteiger partial charge in [-0.15, -0.1) is 0 Å². The molecule has 2 aromatic heterocycles. The Morgan fingerprint density at radius 2 is 1.90 bits per heavy atom. The highest BCUT2D eigenvalue weighted by Crippen LogP contribution is 2.49. The minimum absolute atomic E-state index is 0.128. The molecule has 21 heavy (non-hydrogen) atoms. The molecule has 3 atom stereocenters. The van der Waals surface area contributed by atoms with Crippen molar-refractivity contribution in [3.63, 3.8) is 0 Å². The molecule has 0 amide bonds. The van der Waals surface area contributed by atoms with Crippen molar-refractivity contribution in [2.45, 2.75) is 24.7 Å². The Morgan fingerprint density at radius 3 is 2.71 bits per heavy atom. The zero-order chi connectivity index (χ0) is 14.0. The Kier molecular flexibility index (Phi) is 2.35. The lowest BCUT2D eigenvalue weighted by Crippen LogP contribution is -2.46. The van der Waals surface area contributed by atoms with Gasteiger partial charge in [0.1, 0.15) is 22.0 Å². The molecule has 3 aromatic rings. The summed E-state index contributed by atoms with van der Waals surface area (Å²) < 4.78 is 9.10. The van der Waals surface area contributed by atoms with Crippen LogP contribution in [0.15, 0.2) is 47.1 Å². The van der Waals surface area contributed by atoms with Crippen molar-refractivity contribution < 1.29 is 4.74 Å². The zero-order valence-corrected chi connectivity index (χ0v) is 12.7. The molecule has 104 valence electrons. The first-order valence-electron chi connectivity index (χ1n) is 7.06. The van der Waals surface area contributed by atoms with E-state index in [0.29, 0.717) is 0 Å². The van der Waals surface area contributed by atoms with Crippen molar-refractivity contribution in [2.75, 3.05) is 0 Å². The van der Waals surface area contributed by atoms with Gasteiger partial charge in [0, 0.05) is 6.42 Å². The van der Waals surface area contributed by atoms with Crippen LogP contribution in [0.5, 0.6) is 0 Å². The van der Waals surface area contributed by atoms with E-state index in [1.54, 1.807) is 0 Å². The van der Waals surface area contributed by atoms with E-state index in [0.717, 1.165) is 28.0 Å². The van der Waals surface area contributed by atoms with Crippen LogP contribution in [-0.2, 0) is 4.74 Å². The van der Waals surface area contributed by atoms with Crippen molar-refractivity contribution in [1.82, 2.24) is 14.5 Å². The van der Waals surface area contributed by atoms with Gasteiger partial charge in [-0.3, -0.25) is 0 Å². The summed E-state index contributed by atoms with van der Waals surface area (Å²) in [6.45, 7) is 0. The summed E-state index contributed by atoms with van der Waals surface area (Å²) in [7, 11) is 0. The lowest BCUT2D eigenvalue weighted by Gasteiger charge is -2.46. The summed E-state index contributed by atoms with van der Waals surface area (Å²) in [5, 5.41) is 0. The fourth-order valence-corrected chi connectivity index (χ4v) is 3.73. The van der Waals surface area contributed by atoms with E-state index in [2.05, 4.69) is 49.7 Å². The zero-order valence-electron chi connectivity index (χ0n) is 11.1. The summed E-state index contributed by atoms with van der Waals surface area (Å²) >= 11 is 3.46. The van der Waals surface area contributed by atoms with Crippen LogP contribution in [0.2, 0.25) is 0 Å². The second kappa shape index (κ2) is 4.15. The molecule has 1 saturated heterocycles. The highest BCUT2D eigenvalue weighted by atomic mass is 79.9. The van der Waals surface area contributed by atoms with E-state index in [4.69, 9.17) is 9.72 Å². The maximum Gasteiger partial charge on any atom is 0.162 e. The Morgan fingerprint density at radius 1 is 1.10 bits per heavy atom. The van der Waals surface area contributed by atoms with Gasteiger partial charge in [0.15, 0.2) is 5.65 Å². The molecule has 0 radical (unpaired) electrons. The molecule has 5 heterocycles. The Balaban J connectivity index is 1.80. The predicted octanol–water partition coefficient (Wildman–Crippen LogP) is 3.63. The smallest absolute Gasteiger partial charge is 0.162 e. The van der Waals surface area contributed by atoms with Crippen molar-refractivity contribution in [3.8, 4) is 0 Å². The van der Waals surface area contributed by atoms with Crippen LogP contribution in [0.4, 0.5) is 0 Å². The first-order chi connectivity index (χ1) is 10.3. The van der Waals surface area contributed by atoms with E-state index in [9.17, 15) is 0 Å². The van der Waals surface area contributed by atoms with Crippen molar-refractivity contribution in [1.29, 1.82) is 0 Å². The molecular weight excluding hydrogens is 330 g/mol. The van der Waals surface area contributed by atoms with Gasteiger partial charge in [-0.25, -0.2) is 9.97 Å². The molecule has 5 heteroatoms. The number of hydrogen-bond donors (Lipinski definition) is 0. The SMILES string of the molecule is Brc1ccc2nc3n(c2n1)C(c1ccccc1)C1CC3O1. The standard InChI is InChI=1S/C16H12BrN3O/c17-13-7-6-10-15(19-13)20-14(9-4-2-1-3-5-9)11-8-12(21-11)16(20)18-10/h1-7,11-12,14H,8H2. The maximum atomic E-state index is 6.01. The number of halogens is 1. The van der Waals surface area contributed by atoms with Gasteiger partial charge in [-0.05, 0) is 33.6 Å². The van der Waals surface area contributed by atoms with Gasteiger partial charge in [-0.1, -0.05) is 30.3 Å². The summed E-state index contributed by atoms with van der Waals surface area (Å²) in [5.74, 6) is 1.01. The van der Waals surface area contributed by atoms with E-state index in [-0.39, 0.29) is 18.2 Å². The Bertz CT molecular complexity index is 839. The van der Waals surface area contributed by atoms with Gasteiger partial charge >= 0.3 is 0 Å². The molecule has 2 bridgehead atoms. The number of benzene rings is 1. The highest BCUT2D eigenvalue weighted by molar-refractivity contribution is 9.10. The van der Waals surface area contributed by atoms with Gasteiger partial charge in [0.25, 0.3) is 0 Å². The fraction of sp³-hybridized carbons (Fsp3) is 0.250. The molecule has 0 N–H and O–H groups in total. The number of pyridine rings is 1. The van der Waals surface area contributed by atoms with Crippen LogP contribution >= 0.6 is 15.9 Å². The molecule has 4 nitrogen and oxygen atoms in total. The Hall–Kier alpha value is -1.72. The first-order valence-corrected chi connectivity index (χ1v) is 7.85. The van der Waals surface area contributed by atoms with E-state index < -0.39 is 0 Å². The number of fused-ring (bicyclic) bond motifs is 1. The van der Waals surface area contributed by atoms with Crippen LogP contribution in [0.3, 0.4) is 0 Å². The number of rotatable bonds is 1. The van der Waals surface area contributed by atoms with E-state index in [1.807, 2.05) is 18.2 Å². The molecule has 1 aromatic carbocycles. The molecule has 0 aliphatic carbocycles. The summed E-state index contributed by atoms with van der Waals surface area (Å²) in [5.41, 5.74) is 3.12. The van der Waals surface area contributed by atoms with Gasteiger partial charge in [0.2, 0.25) is 0 Å². The van der Waals surface area contributed by atoms with Crippen LogP contribution in [0, 0.1) is 0 Å². The molecule has 3 unspecified atom stereocenters. The summed E-state index contributed by atoms with van der Waals surface area (Å²) in [4.78, 5) is 9.38. The quantitative estimate of drug-likeness (QED) is 0.634. The highest BCUT2D eigenvalue weighted by Gasteiger charge is 2.48. The molecular formula is C16H12BrN3O. The Labute approximate surface area is 129 Å². The normalized spacial score (nSPS) is 26.4. The monoisotopic (exact) mass is 341 g/mol. The summed E-state index contributed by atoms with van der Waals surface area (Å²) in [6, 6.07) is 14.6. The third kappa shape index (κ3) is 1.59. The van der Waals surface area contributed by atoms with Gasteiger partial charge in [0.05, 0.1) is 12.1 Å². The molecule has 0 saturated carbocycles. The molecule has 1 fully saturated rings. The summed E-state index contributed by atoms with van der Waals surface area (Å²) in [6.07, 6.45) is 1.40. The lowest BCUT2D eigenvalue weighted by molar-refractivity contribution is -0.168. The molecule has 0 spiro atoms. The van der Waals surface area contributed by atoms with Crippen LogP contribution in [0.25, 0.3) is 11.2 Å². The third-order valence-corrected chi connectivity index (χ3v) is 4.82. The van der Waals surface area contributed by atoms with Crippen molar-refractivity contribution in [3.05, 3.63) is 58.5 Å². The topological polar surface area (TPSA) is 39.9 Å². The largest absolute Gasteiger partial charge is 0.364 e. The van der Waals surface area contributed by atoms with Crippen molar-refractivity contribution >= 4 is 27.1 Å². The minimum Gasteiger partial charge on any atom is -0.364 e. The average molecular weight is 342 g/mol. The third-order valence-electron chi connectivity index (χ3n) is 4.38.